The average Bonchev–Trinajstić information content (AvgIpc) is 3.12. The molecule has 1 saturated heterocycles. The molecule has 2 aliphatic heterocycles. The first-order chi connectivity index (χ1) is 12.2. The topological polar surface area (TPSA) is 41.6 Å². The van der Waals surface area contributed by atoms with Gasteiger partial charge in [0.25, 0.3) is 0 Å². The Morgan fingerprint density at radius 3 is 3.12 bits per heavy atom. The van der Waals surface area contributed by atoms with Crippen molar-refractivity contribution in [2.75, 3.05) is 0 Å². The molecule has 0 radical (unpaired) electrons. The van der Waals surface area contributed by atoms with Gasteiger partial charge in [-0.25, -0.2) is 4.79 Å². The molecule has 2 aromatic rings. The summed E-state index contributed by atoms with van der Waals surface area (Å²) in [5.41, 5.74) is 1.85. The van der Waals surface area contributed by atoms with Crippen LogP contribution in [0.1, 0.15) is 47.7 Å². The van der Waals surface area contributed by atoms with Crippen molar-refractivity contribution in [3.63, 3.8) is 0 Å². The summed E-state index contributed by atoms with van der Waals surface area (Å²) in [5, 5.41) is 5.36. The number of nitrogens with zero attached hydrogens (tertiary/aromatic N) is 1. The number of benzene rings is 1. The third-order valence-corrected chi connectivity index (χ3v) is 6.81. The molecule has 3 heterocycles. The Morgan fingerprint density at radius 1 is 1.36 bits per heavy atom. The van der Waals surface area contributed by atoms with Gasteiger partial charge in [0.1, 0.15) is 5.75 Å². The van der Waals surface area contributed by atoms with Gasteiger partial charge in [0.15, 0.2) is 5.72 Å². The lowest BCUT2D eigenvalue weighted by Crippen LogP contribution is -2.71. The van der Waals surface area contributed by atoms with Crippen molar-refractivity contribution >= 4 is 17.4 Å². The zero-order chi connectivity index (χ0) is 17.0. The van der Waals surface area contributed by atoms with Crippen molar-refractivity contribution in [1.82, 2.24) is 10.2 Å². The maximum atomic E-state index is 13.0. The number of fused-ring (bicyclic) bond motifs is 2. The van der Waals surface area contributed by atoms with Crippen molar-refractivity contribution in [1.29, 1.82) is 0 Å². The Balaban J connectivity index is 1.62. The molecule has 4 nitrogen and oxygen atoms in total. The fraction of sp³-hybridized carbons (Fsp3) is 0.450. The van der Waals surface area contributed by atoms with E-state index in [2.05, 4.69) is 41.9 Å². The third-order valence-electron chi connectivity index (χ3n) is 5.94. The van der Waals surface area contributed by atoms with Crippen LogP contribution in [-0.2, 0) is 6.54 Å². The molecule has 5 rings (SSSR count). The molecule has 2 fully saturated rings. The van der Waals surface area contributed by atoms with Gasteiger partial charge in [-0.3, -0.25) is 4.90 Å². The molecular formula is C20H22N2O2S. The Hall–Kier alpha value is -2.01. The van der Waals surface area contributed by atoms with Gasteiger partial charge in [-0.05, 0) is 37.3 Å². The van der Waals surface area contributed by atoms with Crippen LogP contribution >= 0.6 is 11.3 Å². The Bertz CT molecular complexity index is 819. The smallest absolute Gasteiger partial charge is 0.321 e. The number of amides is 2. The SMILES string of the molecule is Cc1ccc2c(c1)C1NC(=O)N(Cc3cccs3)C3(CCCCC13)O2. The highest BCUT2D eigenvalue weighted by Crippen LogP contribution is 2.54. The quantitative estimate of drug-likeness (QED) is 0.856. The number of rotatable bonds is 2. The first-order valence-corrected chi connectivity index (χ1v) is 9.95. The second-order valence-corrected chi connectivity index (χ2v) is 8.47. The molecule has 1 aliphatic carbocycles. The monoisotopic (exact) mass is 354 g/mol. The van der Waals surface area contributed by atoms with Crippen LogP contribution in [0.25, 0.3) is 0 Å². The summed E-state index contributed by atoms with van der Waals surface area (Å²) in [6.45, 7) is 2.71. The van der Waals surface area contributed by atoms with Crippen molar-refractivity contribution < 1.29 is 9.53 Å². The van der Waals surface area contributed by atoms with Gasteiger partial charge >= 0.3 is 6.03 Å². The van der Waals surface area contributed by atoms with E-state index >= 15 is 0 Å². The van der Waals surface area contributed by atoms with Crippen LogP contribution in [0.5, 0.6) is 5.75 Å². The van der Waals surface area contributed by atoms with Crippen molar-refractivity contribution in [2.45, 2.75) is 50.9 Å². The minimum Gasteiger partial charge on any atom is -0.467 e. The first-order valence-electron chi connectivity index (χ1n) is 9.07. The third kappa shape index (κ3) is 2.21. The van der Waals surface area contributed by atoms with Crippen LogP contribution in [0.3, 0.4) is 0 Å². The van der Waals surface area contributed by atoms with Gasteiger partial charge in [0.2, 0.25) is 0 Å². The minimum atomic E-state index is -0.502. The van der Waals surface area contributed by atoms with E-state index in [0.29, 0.717) is 12.5 Å². The van der Waals surface area contributed by atoms with Crippen molar-refractivity contribution in [2.24, 2.45) is 5.92 Å². The Labute approximate surface area is 151 Å². The molecule has 2 amide bonds. The lowest BCUT2D eigenvalue weighted by molar-refractivity contribution is -0.165. The molecule has 0 spiro atoms. The van der Waals surface area contributed by atoms with Crippen LogP contribution in [0.2, 0.25) is 0 Å². The number of carbonyl (C=O) groups excluding carboxylic acids is 1. The number of hydrogen-bond donors (Lipinski definition) is 1. The van der Waals surface area contributed by atoms with Gasteiger partial charge in [-0.15, -0.1) is 11.3 Å². The number of carbonyl (C=O) groups is 1. The van der Waals surface area contributed by atoms with Crippen LogP contribution < -0.4 is 10.1 Å². The summed E-state index contributed by atoms with van der Waals surface area (Å²) >= 11 is 1.70. The van der Waals surface area contributed by atoms with E-state index in [0.717, 1.165) is 30.6 Å². The lowest BCUT2D eigenvalue weighted by atomic mass is 9.70. The summed E-state index contributed by atoms with van der Waals surface area (Å²) in [6.07, 6.45) is 4.33. The molecule has 1 saturated carbocycles. The molecule has 1 aromatic carbocycles. The molecule has 130 valence electrons. The van der Waals surface area contributed by atoms with E-state index < -0.39 is 5.72 Å². The van der Waals surface area contributed by atoms with Crippen LogP contribution in [-0.4, -0.2) is 16.7 Å². The molecular weight excluding hydrogens is 332 g/mol. The largest absolute Gasteiger partial charge is 0.467 e. The number of ether oxygens (including phenoxy) is 1. The lowest BCUT2D eigenvalue weighted by Gasteiger charge is -2.59. The number of thiophene rings is 1. The number of nitrogens with one attached hydrogen (secondary N) is 1. The highest BCUT2D eigenvalue weighted by atomic mass is 32.1. The molecule has 2 bridgehead atoms. The molecule has 3 atom stereocenters. The highest BCUT2D eigenvalue weighted by Gasteiger charge is 2.59. The van der Waals surface area contributed by atoms with Crippen LogP contribution in [0.4, 0.5) is 4.79 Å². The standard InChI is InChI=1S/C20H22N2O2S/c1-13-7-8-17-15(11-13)18-16-6-2-3-9-20(16,24-17)22(19(23)21-18)12-14-5-4-10-25-14/h4-5,7-8,10-11,16,18H,2-3,6,9,12H2,1H3,(H,21,23). The predicted molar refractivity (Wildman–Crippen MR) is 97.6 cm³/mol. The van der Waals surface area contributed by atoms with E-state index in [1.54, 1.807) is 11.3 Å². The van der Waals surface area contributed by atoms with Gasteiger partial charge in [-0.1, -0.05) is 30.2 Å². The average molecular weight is 354 g/mol. The van der Waals surface area contributed by atoms with Gasteiger partial charge in [0, 0.05) is 22.8 Å². The molecule has 3 aliphatic rings. The number of aryl methyl sites for hydroxylation is 1. The summed E-state index contributed by atoms with van der Waals surface area (Å²) in [5.74, 6) is 1.25. The van der Waals surface area contributed by atoms with Crippen LogP contribution in [0.15, 0.2) is 35.7 Å². The highest BCUT2D eigenvalue weighted by molar-refractivity contribution is 7.09. The summed E-state index contributed by atoms with van der Waals surface area (Å²) in [6, 6.07) is 10.6. The van der Waals surface area contributed by atoms with E-state index in [1.165, 1.54) is 16.9 Å². The number of hydrogen-bond acceptors (Lipinski definition) is 3. The van der Waals surface area contributed by atoms with E-state index in [9.17, 15) is 4.79 Å². The van der Waals surface area contributed by atoms with Crippen LogP contribution in [0, 0.1) is 12.8 Å². The van der Waals surface area contributed by atoms with Crippen molar-refractivity contribution in [3.05, 3.63) is 51.7 Å². The predicted octanol–water partition coefficient (Wildman–Crippen LogP) is 4.60. The fourth-order valence-corrected chi connectivity index (χ4v) is 5.53. The zero-order valence-electron chi connectivity index (χ0n) is 14.3. The van der Waals surface area contributed by atoms with Gasteiger partial charge in [-0.2, -0.15) is 0 Å². The van der Waals surface area contributed by atoms with Gasteiger partial charge < -0.3 is 10.1 Å². The fourth-order valence-electron chi connectivity index (χ4n) is 4.83. The maximum absolute atomic E-state index is 13.0. The first kappa shape index (κ1) is 15.3. The number of urea groups is 1. The van der Waals surface area contributed by atoms with E-state index in [-0.39, 0.29) is 12.1 Å². The second-order valence-electron chi connectivity index (χ2n) is 7.43. The summed E-state index contributed by atoms with van der Waals surface area (Å²) < 4.78 is 6.65. The van der Waals surface area contributed by atoms with E-state index in [4.69, 9.17) is 4.74 Å². The maximum Gasteiger partial charge on any atom is 0.321 e. The minimum absolute atomic E-state index is 0.00343. The van der Waals surface area contributed by atoms with Gasteiger partial charge in [0.05, 0.1) is 12.6 Å². The zero-order valence-corrected chi connectivity index (χ0v) is 15.1. The summed E-state index contributed by atoms with van der Waals surface area (Å²) in [7, 11) is 0. The molecule has 1 aromatic heterocycles. The summed E-state index contributed by atoms with van der Waals surface area (Å²) in [4.78, 5) is 16.2. The molecule has 3 unspecified atom stereocenters. The normalized spacial score (nSPS) is 30.1. The Kier molecular flexibility index (Phi) is 3.35. The Morgan fingerprint density at radius 2 is 2.28 bits per heavy atom. The molecule has 5 heteroatoms. The second kappa shape index (κ2) is 5.49. The van der Waals surface area contributed by atoms with Crippen molar-refractivity contribution in [3.8, 4) is 5.75 Å². The molecule has 25 heavy (non-hydrogen) atoms. The van der Waals surface area contributed by atoms with E-state index in [1.807, 2.05) is 11.0 Å². The molecule has 1 N–H and O–H groups in total.